The van der Waals surface area contributed by atoms with E-state index >= 15 is 0 Å². The van der Waals surface area contributed by atoms with Crippen molar-refractivity contribution >= 4 is 53.4 Å². The zero-order valence-electron chi connectivity index (χ0n) is 26.7. The van der Waals surface area contributed by atoms with Gasteiger partial charge < -0.3 is 4.42 Å². The van der Waals surface area contributed by atoms with Crippen molar-refractivity contribution in [3.63, 3.8) is 0 Å². The average Bonchev–Trinajstić information content (AvgIpc) is 3.78. The first-order valence-electron chi connectivity index (χ1n) is 16.6. The SMILES string of the molecule is c1ccc(-c2cc(-c3ccc(-c4cccnc4)cc3)nc(-c3ccc(-c4cccc5c4sc4ccccc45)c4c3oc3ccccc34)n2)cc1. The molecule has 0 saturated heterocycles. The molecule has 0 radical (unpaired) electrons. The van der Waals surface area contributed by atoms with Crippen molar-refractivity contribution in [2.75, 3.05) is 0 Å². The second kappa shape index (κ2) is 11.6. The molecule has 10 aromatic rings. The van der Waals surface area contributed by atoms with Crippen LogP contribution < -0.4 is 0 Å². The molecule has 0 fully saturated rings. The van der Waals surface area contributed by atoms with Gasteiger partial charge in [0.2, 0.25) is 0 Å². The maximum absolute atomic E-state index is 6.74. The number of rotatable bonds is 5. The van der Waals surface area contributed by atoms with Crippen molar-refractivity contribution in [1.29, 1.82) is 0 Å². The van der Waals surface area contributed by atoms with Gasteiger partial charge in [0.1, 0.15) is 11.2 Å². The van der Waals surface area contributed by atoms with Crippen molar-refractivity contribution < 1.29 is 4.42 Å². The standard InChI is InChI=1S/C45H27N3OS/c1-2-10-29(11-3-1)38-26-39(30-21-19-28(20-22-30)31-12-9-25-46-27-31)48-45(47-38)37-24-23-33(42-36-14-4-6-17-40(36)49-43(37)42)35-16-8-15-34-32-13-5-7-18-41(32)50-44(34)35/h1-27H. The molecule has 0 spiro atoms. The molecule has 0 bridgehead atoms. The third kappa shape index (κ3) is 4.71. The monoisotopic (exact) mass is 657 g/mol. The number of fused-ring (bicyclic) bond motifs is 6. The Hall–Kier alpha value is -6.43. The van der Waals surface area contributed by atoms with Crippen molar-refractivity contribution in [3.05, 3.63) is 164 Å². The van der Waals surface area contributed by atoms with Gasteiger partial charge in [-0.15, -0.1) is 11.3 Å². The molecule has 234 valence electrons. The number of furan rings is 1. The molecule has 5 heteroatoms. The van der Waals surface area contributed by atoms with Crippen LogP contribution in [0.1, 0.15) is 0 Å². The number of hydrogen-bond acceptors (Lipinski definition) is 5. The van der Waals surface area contributed by atoms with Crippen LogP contribution in [0.25, 0.3) is 98.3 Å². The van der Waals surface area contributed by atoms with E-state index in [0.29, 0.717) is 5.82 Å². The lowest BCUT2D eigenvalue weighted by Crippen LogP contribution is -1.96. The summed E-state index contributed by atoms with van der Waals surface area (Å²) < 4.78 is 9.30. The van der Waals surface area contributed by atoms with E-state index in [4.69, 9.17) is 14.4 Å². The maximum Gasteiger partial charge on any atom is 0.164 e. The maximum atomic E-state index is 6.74. The van der Waals surface area contributed by atoms with Crippen LogP contribution in [0.5, 0.6) is 0 Å². The number of nitrogens with zero attached hydrogens (tertiary/aromatic N) is 3. The molecule has 50 heavy (non-hydrogen) atoms. The Balaban J connectivity index is 1.20. The van der Waals surface area contributed by atoms with Gasteiger partial charge in [-0.1, -0.05) is 121 Å². The zero-order valence-corrected chi connectivity index (χ0v) is 27.6. The number of pyridine rings is 1. The molecular weight excluding hydrogens is 631 g/mol. The fourth-order valence-corrected chi connectivity index (χ4v) is 8.26. The predicted molar refractivity (Wildman–Crippen MR) is 207 cm³/mol. The van der Waals surface area contributed by atoms with Crippen LogP contribution in [0.2, 0.25) is 0 Å². The number of aromatic nitrogens is 3. The van der Waals surface area contributed by atoms with E-state index in [2.05, 4.69) is 120 Å². The van der Waals surface area contributed by atoms with Crippen molar-refractivity contribution in [2.24, 2.45) is 0 Å². The summed E-state index contributed by atoms with van der Waals surface area (Å²) in [5.41, 5.74) is 10.7. The Morgan fingerprint density at radius 2 is 1.16 bits per heavy atom. The highest BCUT2D eigenvalue weighted by molar-refractivity contribution is 7.26. The van der Waals surface area contributed by atoms with E-state index in [1.165, 1.54) is 25.7 Å². The summed E-state index contributed by atoms with van der Waals surface area (Å²) >= 11 is 1.84. The third-order valence-corrected chi connectivity index (χ3v) is 10.7. The fraction of sp³-hybridized carbons (Fsp3) is 0. The molecule has 0 amide bonds. The van der Waals surface area contributed by atoms with E-state index in [0.717, 1.165) is 66.7 Å². The minimum atomic E-state index is 0.619. The van der Waals surface area contributed by atoms with Crippen LogP contribution in [-0.2, 0) is 0 Å². The van der Waals surface area contributed by atoms with Crippen LogP contribution in [0.15, 0.2) is 168 Å². The number of hydrogen-bond donors (Lipinski definition) is 0. The summed E-state index contributed by atoms with van der Waals surface area (Å²) in [6, 6.07) is 52.8. The van der Waals surface area contributed by atoms with Gasteiger partial charge in [0.15, 0.2) is 5.82 Å². The molecule has 0 atom stereocenters. The van der Waals surface area contributed by atoms with Gasteiger partial charge in [-0.05, 0) is 47.0 Å². The molecule has 4 heterocycles. The van der Waals surface area contributed by atoms with E-state index < -0.39 is 0 Å². The Bertz CT molecular complexity index is 2860. The van der Waals surface area contributed by atoms with Gasteiger partial charge in [0.25, 0.3) is 0 Å². The Morgan fingerprint density at radius 1 is 0.480 bits per heavy atom. The van der Waals surface area contributed by atoms with E-state index in [1.54, 1.807) is 6.20 Å². The molecule has 4 nitrogen and oxygen atoms in total. The molecule has 6 aromatic carbocycles. The molecule has 4 aromatic heterocycles. The first-order valence-corrected chi connectivity index (χ1v) is 17.4. The summed E-state index contributed by atoms with van der Waals surface area (Å²) in [5.74, 6) is 0.619. The fourth-order valence-electron chi connectivity index (χ4n) is 7.03. The second-order valence-electron chi connectivity index (χ2n) is 12.4. The second-order valence-corrected chi connectivity index (χ2v) is 13.4. The smallest absolute Gasteiger partial charge is 0.164 e. The zero-order chi connectivity index (χ0) is 33.0. The largest absolute Gasteiger partial charge is 0.455 e. The number of benzene rings is 6. The highest BCUT2D eigenvalue weighted by Gasteiger charge is 2.21. The molecule has 10 rings (SSSR count). The van der Waals surface area contributed by atoms with Crippen LogP contribution >= 0.6 is 11.3 Å². The van der Waals surface area contributed by atoms with Crippen LogP contribution in [0, 0.1) is 0 Å². The Morgan fingerprint density at radius 3 is 1.98 bits per heavy atom. The summed E-state index contributed by atoms with van der Waals surface area (Å²) in [7, 11) is 0. The molecule has 0 N–H and O–H groups in total. The lowest BCUT2D eigenvalue weighted by molar-refractivity contribution is 0.669. The summed E-state index contributed by atoms with van der Waals surface area (Å²) in [6.45, 7) is 0. The Labute approximate surface area is 292 Å². The quantitative estimate of drug-likeness (QED) is 0.185. The molecular formula is C45H27N3OS. The molecule has 0 aliphatic rings. The van der Waals surface area contributed by atoms with Gasteiger partial charge in [0.05, 0.1) is 17.0 Å². The lowest BCUT2D eigenvalue weighted by Gasteiger charge is -2.12. The first-order chi connectivity index (χ1) is 24.8. The van der Waals surface area contributed by atoms with Crippen LogP contribution in [-0.4, -0.2) is 15.0 Å². The number of para-hydroxylation sites is 1. The van der Waals surface area contributed by atoms with Gasteiger partial charge in [-0.2, -0.15) is 0 Å². The van der Waals surface area contributed by atoms with Gasteiger partial charge in [-0.3, -0.25) is 4.98 Å². The Kier molecular flexibility index (Phi) is 6.64. The van der Waals surface area contributed by atoms with Crippen LogP contribution in [0.4, 0.5) is 0 Å². The highest BCUT2D eigenvalue weighted by Crippen LogP contribution is 2.46. The van der Waals surface area contributed by atoms with Crippen molar-refractivity contribution in [2.45, 2.75) is 0 Å². The minimum Gasteiger partial charge on any atom is -0.455 e. The lowest BCUT2D eigenvalue weighted by atomic mass is 9.95. The van der Waals surface area contributed by atoms with Crippen molar-refractivity contribution in [3.8, 4) is 56.2 Å². The highest BCUT2D eigenvalue weighted by atomic mass is 32.1. The van der Waals surface area contributed by atoms with E-state index in [1.807, 2.05) is 53.9 Å². The summed E-state index contributed by atoms with van der Waals surface area (Å²) in [6.07, 6.45) is 3.68. The molecule has 0 saturated carbocycles. The van der Waals surface area contributed by atoms with E-state index in [-0.39, 0.29) is 0 Å². The third-order valence-electron chi connectivity index (χ3n) is 9.43. The van der Waals surface area contributed by atoms with Crippen LogP contribution in [0.3, 0.4) is 0 Å². The first kappa shape index (κ1) is 28.6. The van der Waals surface area contributed by atoms with Gasteiger partial charge in [0, 0.05) is 60.0 Å². The topological polar surface area (TPSA) is 51.8 Å². The summed E-state index contributed by atoms with van der Waals surface area (Å²) in [5, 5.41) is 4.69. The van der Waals surface area contributed by atoms with E-state index in [9.17, 15) is 0 Å². The summed E-state index contributed by atoms with van der Waals surface area (Å²) in [4.78, 5) is 14.7. The normalized spacial score (nSPS) is 11.6. The van der Waals surface area contributed by atoms with Crippen molar-refractivity contribution in [1.82, 2.24) is 15.0 Å². The molecule has 0 aliphatic heterocycles. The van der Waals surface area contributed by atoms with Gasteiger partial charge in [-0.25, -0.2) is 9.97 Å². The van der Waals surface area contributed by atoms with Gasteiger partial charge >= 0.3 is 0 Å². The molecule has 0 aliphatic carbocycles. The number of thiophene rings is 1. The molecule has 0 unspecified atom stereocenters. The average molecular weight is 658 g/mol. The minimum absolute atomic E-state index is 0.619. The predicted octanol–water partition coefficient (Wildman–Crippen LogP) is 12.5.